The van der Waals surface area contributed by atoms with Crippen LogP contribution in [-0.4, -0.2) is 58.5 Å². The summed E-state index contributed by atoms with van der Waals surface area (Å²) in [6.45, 7) is 1.19. The summed E-state index contributed by atoms with van der Waals surface area (Å²) in [5.74, 6) is -0.307. The second kappa shape index (κ2) is 9.29. The zero-order chi connectivity index (χ0) is 20.0. The van der Waals surface area contributed by atoms with Crippen molar-refractivity contribution >= 4 is 31.7 Å². The highest BCUT2D eigenvalue weighted by molar-refractivity contribution is 9.10. The molecule has 7 nitrogen and oxygen atoms in total. The Labute approximate surface area is 167 Å². The Bertz CT molecular complexity index is 917. The molecule has 1 N–H and O–H groups in total. The van der Waals surface area contributed by atoms with E-state index in [-0.39, 0.29) is 22.3 Å². The molecule has 1 heterocycles. The molecule has 0 fully saturated rings. The molecule has 1 amide bonds. The first-order chi connectivity index (χ1) is 12.7. The first kappa shape index (κ1) is 21.3. The van der Waals surface area contributed by atoms with Crippen molar-refractivity contribution in [1.82, 2.24) is 15.2 Å². The van der Waals surface area contributed by atoms with Gasteiger partial charge in [0.15, 0.2) is 9.84 Å². The molecule has 1 aromatic carbocycles. The van der Waals surface area contributed by atoms with Gasteiger partial charge < -0.3 is 15.0 Å². The molecule has 0 aliphatic carbocycles. The number of carbonyl (C=O) groups excluding carboxylic acids is 1. The minimum Gasteiger partial charge on any atom is -0.495 e. The number of rotatable bonds is 8. The molecule has 0 atom stereocenters. The lowest BCUT2D eigenvalue weighted by atomic mass is 10.2. The van der Waals surface area contributed by atoms with Gasteiger partial charge in [0.1, 0.15) is 10.6 Å². The van der Waals surface area contributed by atoms with Gasteiger partial charge in [-0.1, -0.05) is 15.9 Å². The van der Waals surface area contributed by atoms with Crippen molar-refractivity contribution in [3.63, 3.8) is 0 Å². The Kier molecular flexibility index (Phi) is 7.34. The molecule has 0 radical (unpaired) electrons. The summed E-state index contributed by atoms with van der Waals surface area (Å²) in [5, 5.41) is 2.78. The number of sulfone groups is 1. The zero-order valence-corrected chi connectivity index (χ0v) is 17.8. The highest BCUT2D eigenvalue weighted by Crippen LogP contribution is 2.29. The highest BCUT2D eigenvalue weighted by atomic mass is 79.9. The molecule has 2 rings (SSSR count). The number of hydrogen-bond acceptors (Lipinski definition) is 6. The molecule has 0 unspecified atom stereocenters. The summed E-state index contributed by atoms with van der Waals surface area (Å²) in [6, 6.07) is 6.33. The summed E-state index contributed by atoms with van der Waals surface area (Å²) < 4.78 is 31.5. The average molecular weight is 456 g/mol. The fourth-order valence-electron chi connectivity index (χ4n) is 2.38. The maximum atomic E-state index is 12.8. The minimum absolute atomic E-state index is 0.0835. The van der Waals surface area contributed by atoms with E-state index < -0.39 is 9.84 Å². The number of pyridine rings is 1. The van der Waals surface area contributed by atoms with Gasteiger partial charge in [0.25, 0.3) is 5.91 Å². The van der Waals surface area contributed by atoms with Crippen molar-refractivity contribution in [3.8, 4) is 5.75 Å². The minimum atomic E-state index is -3.68. The lowest BCUT2D eigenvalue weighted by Crippen LogP contribution is -2.31. The summed E-state index contributed by atoms with van der Waals surface area (Å²) in [7, 11) is 1.56. The third kappa shape index (κ3) is 6.02. The number of nitrogens with one attached hydrogen (secondary N) is 1. The van der Waals surface area contributed by atoms with E-state index in [0.717, 1.165) is 0 Å². The Balaban J connectivity index is 2.20. The first-order valence-electron chi connectivity index (χ1n) is 8.16. The van der Waals surface area contributed by atoms with Crippen LogP contribution in [0.3, 0.4) is 0 Å². The van der Waals surface area contributed by atoms with E-state index in [1.807, 2.05) is 19.0 Å². The van der Waals surface area contributed by atoms with Crippen molar-refractivity contribution in [2.45, 2.75) is 10.6 Å². The van der Waals surface area contributed by atoms with Crippen LogP contribution in [0.1, 0.15) is 15.9 Å². The van der Waals surface area contributed by atoms with E-state index in [4.69, 9.17) is 4.74 Å². The molecule has 0 saturated carbocycles. The van der Waals surface area contributed by atoms with E-state index in [0.29, 0.717) is 28.7 Å². The number of benzene rings is 1. The van der Waals surface area contributed by atoms with E-state index in [2.05, 4.69) is 26.2 Å². The van der Waals surface area contributed by atoms with E-state index >= 15 is 0 Å². The fourth-order valence-corrected chi connectivity index (χ4v) is 4.41. The number of carbonyl (C=O) groups is 1. The van der Waals surface area contributed by atoms with Gasteiger partial charge in [0.2, 0.25) is 0 Å². The second-order valence-corrected chi connectivity index (χ2v) is 9.07. The van der Waals surface area contributed by atoms with Gasteiger partial charge in [0, 0.05) is 30.0 Å². The number of halogens is 1. The van der Waals surface area contributed by atoms with Crippen LogP contribution in [0.5, 0.6) is 5.75 Å². The topological polar surface area (TPSA) is 88.6 Å². The first-order valence-corrected chi connectivity index (χ1v) is 10.6. The van der Waals surface area contributed by atoms with Crippen LogP contribution in [0, 0.1) is 0 Å². The molecule has 9 heteroatoms. The number of likely N-dealkylation sites (N-methyl/N-ethyl adjacent to an activating group) is 1. The van der Waals surface area contributed by atoms with Crippen molar-refractivity contribution in [3.05, 3.63) is 52.3 Å². The van der Waals surface area contributed by atoms with Gasteiger partial charge >= 0.3 is 0 Å². The van der Waals surface area contributed by atoms with Gasteiger partial charge in [0.05, 0.1) is 18.4 Å². The van der Waals surface area contributed by atoms with Gasteiger partial charge in [-0.25, -0.2) is 8.42 Å². The zero-order valence-electron chi connectivity index (χ0n) is 15.4. The van der Waals surface area contributed by atoms with Crippen LogP contribution in [0.25, 0.3) is 0 Å². The smallest absolute Gasteiger partial charge is 0.252 e. The summed E-state index contributed by atoms with van der Waals surface area (Å²) in [4.78, 5) is 18.3. The predicted molar refractivity (Wildman–Crippen MR) is 107 cm³/mol. The number of hydrogen-bond donors (Lipinski definition) is 1. The van der Waals surface area contributed by atoms with Crippen LogP contribution >= 0.6 is 15.9 Å². The summed E-state index contributed by atoms with van der Waals surface area (Å²) in [5.41, 5.74) is 0.750. The number of nitrogens with zero attached hydrogens (tertiary/aromatic N) is 2. The molecule has 0 bridgehead atoms. The normalized spacial score (nSPS) is 11.4. The highest BCUT2D eigenvalue weighted by Gasteiger charge is 2.21. The number of aromatic nitrogens is 1. The van der Waals surface area contributed by atoms with Gasteiger partial charge in [-0.05, 0) is 43.9 Å². The van der Waals surface area contributed by atoms with Crippen LogP contribution in [0.15, 0.2) is 46.0 Å². The van der Waals surface area contributed by atoms with Gasteiger partial charge in [-0.3, -0.25) is 9.78 Å². The maximum absolute atomic E-state index is 12.8. The average Bonchev–Trinajstić information content (AvgIpc) is 2.61. The Hall–Kier alpha value is -1.97. The lowest BCUT2D eigenvalue weighted by Gasteiger charge is -2.12. The third-order valence-corrected chi connectivity index (χ3v) is 5.91. The quantitative estimate of drug-likeness (QED) is 0.655. The van der Waals surface area contributed by atoms with E-state index in [9.17, 15) is 13.2 Å². The lowest BCUT2D eigenvalue weighted by molar-refractivity contribution is 0.0950. The molecule has 0 aliphatic rings. The van der Waals surface area contributed by atoms with Gasteiger partial charge in [-0.15, -0.1) is 0 Å². The molecule has 0 spiro atoms. The van der Waals surface area contributed by atoms with Crippen LogP contribution in [0.2, 0.25) is 0 Å². The largest absolute Gasteiger partial charge is 0.495 e. The Morgan fingerprint density at radius 1 is 1.26 bits per heavy atom. The number of amides is 1. The van der Waals surface area contributed by atoms with Crippen LogP contribution < -0.4 is 10.1 Å². The molecule has 0 aliphatic heterocycles. The van der Waals surface area contributed by atoms with Crippen molar-refractivity contribution in [1.29, 1.82) is 0 Å². The molecule has 146 valence electrons. The van der Waals surface area contributed by atoms with Crippen molar-refractivity contribution < 1.29 is 17.9 Å². The van der Waals surface area contributed by atoms with Crippen molar-refractivity contribution in [2.24, 2.45) is 0 Å². The van der Waals surface area contributed by atoms with Crippen LogP contribution in [-0.2, 0) is 15.6 Å². The van der Waals surface area contributed by atoms with Gasteiger partial charge in [-0.2, -0.15) is 0 Å². The fraction of sp³-hybridized carbons (Fsp3) is 0.333. The van der Waals surface area contributed by atoms with E-state index in [1.165, 1.54) is 25.6 Å². The third-order valence-electron chi connectivity index (χ3n) is 3.72. The molecule has 2 aromatic rings. The van der Waals surface area contributed by atoms with Crippen LogP contribution in [0.4, 0.5) is 0 Å². The number of ether oxygens (including phenoxy) is 1. The Morgan fingerprint density at radius 3 is 2.67 bits per heavy atom. The molecule has 0 saturated heterocycles. The molecule has 1 aromatic heterocycles. The molecule has 27 heavy (non-hydrogen) atoms. The SMILES string of the molecule is COc1ccc(Br)cc1S(=O)(=O)Cc1cncc(C(=O)NCCN(C)C)c1. The number of methoxy groups -OCH3 is 1. The monoisotopic (exact) mass is 455 g/mol. The molecular formula is C18H22BrN3O4S. The molecular weight excluding hydrogens is 434 g/mol. The summed E-state index contributed by atoms with van der Waals surface area (Å²) in [6.07, 6.45) is 2.86. The maximum Gasteiger partial charge on any atom is 0.252 e. The standard InChI is InChI=1S/C18H22BrN3O4S/c1-22(2)7-6-21-18(23)14-8-13(10-20-11-14)12-27(24,25)17-9-15(19)4-5-16(17)26-3/h4-5,8-11H,6-7,12H2,1-3H3,(H,21,23). The summed E-state index contributed by atoms with van der Waals surface area (Å²) >= 11 is 3.28. The second-order valence-electron chi connectivity index (χ2n) is 6.20. The van der Waals surface area contributed by atoms with E-state index in [1.54, 1.807) is 18.2 Å². The van der Waals surface area contributed by atoms with Crippen molar-refractivity contribution in [2.75, 3.05) is 34.3 Å². The predicted octanol–water partition coefficient (Wildman–Crippen LogP) is 2.12. The Morgan fingerprint density at radius 2 is 2.00 bits per heavy atom.